The van der Waals surface area contributed by atoms with Gasteiger partial charge in [0.1, 0.15) is 12.1 Å². The van der Waals surface area contributed by atoms with E-state index in [-0.39, 0.29) is 0 Å². The molecule has 0 unspecified atom stereocenters. The van der Waals surface area contributed by atoms with Crippen LogP contribution in [-0.4, -0.2) is 38.8 Å². The standard InChI is InChI=1S/C10H15N7/c1-16(2)10-11-5-4-8(14-10)12-6-9-15-13-7-17(9)3/h4-5,7H,6H2,1-3H3,(H,11,12,14). The lowest BCUT2D eigenvalue weighted by Crippen LogP contribution is -2.14. The van der Waals surface area contributed by atoms with Crippen LogP contribution in [0.15, 0.2) is 18.6 Å². The third-order valence-electron chi connectivity index (χ3n) is 2.28. The summed E-state index contributed by atoms with van der Waals surface area (Å²) in [5, 5.41) is 11.0. The molecule has 0 aliphatic carbocycles. The van der Waals surface area contributed by atoms with E-state index in [1.807, 2.05) is 36.7 Å². The predicted molar refractivity (Wildman–Crippen MR) is 64.7 cm³/mol. The molecule has 2 heterocycles. The molecular formula is C10H15N7. The Balaban J connectivity index is 2.04. The van der Waals surface area contributed by atoms with Crippen molar-refractivity contribution in [3.8, 4) is 0 Å². The molecule has 0 bridgehead atoms. The Morgan fingerprint density at radius 1 is 1.41 bits per heavy atom. The van der Waals surface area contributed by atoms with Gasteiger partial charge in [-0.2, -0.15) is 4.98 Å². The molecular weight excluding hydrogens is 218 g/mol. The number of aromatic nitrogens is 5. The Morgan fingerprint density at radius 3 is 2.88 bits per heavy atom. The molecule has 0 amide bonds. The zero-order valence-electron chi connectivity index (χ0n) is 10.1. The van der Waals surface area contributed by atoms with Crippen LogP contribution in [0.5, 0.6) is 0 Å². The predicted octanol–water partition coefficient (Wildman–Crippen LogP) is 0.283. The Labute approximate surface area is 99.5 Å². The van der Waals surface area contributed by atoms with Crippen LogP contribution in [0.1, 0.15) is 5.82 Å². The highest BCUT2D eigenvalue weighted by molar-refractivity contribution is 5.40. The van der Waals surface area contributed by atoms with Crippen LogP contribution in [0.2, 0.25) is 0 Å². The second-order valence-electron chi connectivity index (χ2n) is 3.85. The van der Waals surface area contributed by atoms with Gasteiger partial charge < -0.3 is 14.8 Å². The van der Waals surface area contributed by atoms with Gasteiger partial charge in [-0.3, -0.25) is 0 Å². The SMILES string of the molecule is CN(C)c1nccc(NCc2nncn2C)n1. The molecule has 0 aromatic carbocycles. The molecule has 2 aromatic rings. The van der Waals surface area contributed by atoms with Crippen LogP contribution in [0, 0.1) is 0 Å². The number of nitrogens with zero attached hydrogens (tertiary/aromatic N) is 6. The molecule has 2 aromatic heterocycles. The van der Waals surface area contributed by atoms with Crippen molar-refractivity contribution in [3.05, 3.63) is 24.4 Å². The Morgan fingerprint density at radius 2 is 2.24 bits per heavy atom. The zero-order valence-corrected chi connectivity index (χ0v) is 10.1. The summed E-state index contributed by atoms with van der Waals surface area (Å²) < 4.78 is 1.86. The largest absolute Gasteiger partial charge is 0.363 e. The summed E-state index contributed by atoms with van der Waals surface area (Å²) >= 11 is 0. The summed E-state index contributed by atoms with van der Waals surface area (Å²) in [6.45, 7) is 0.584. The van der Waals surface area contributed by atoms with E-state index in [0.29, 0.717) is 12.5 Å². The normalized spacial score (nSPS) is 10.3. The summed E-state index contributed by atoms with van der Waals surface area (Å²) in [7, 11) is 5.71. The first-order chi connectivity index (χ1) is 8.16. The molecule has 0 saturated carbocycles. The molecule has 0 aliphatic heterocycles. The van der Waals surface area contributed by atoms with Gasteiger partial charge in [0.05, 0.1) is 6.54 Å². The average molecular weight is 233 g/mol. The number of aryl methyl sites for hydroxylation is 1. The van der Waals surface area contributed by atoms with Gasteiger partial charge in [0.2, 0.25) is 5.95 Å². The third kappa shape index (κ3) is 2.68. The first-order valence-electron chi connectivity index (χ1n) is 5.24. The molecule has 1 N–H and O–H groups in total. The molecule has 2 rings (SSSR count). The zero-order chi connectivity index (χ0) is 12.3. The molecule has 0 aliphatic rings. The summed E-state index contributed by atoms with van der Waals surface area (Å²) in [5.74, 6) is 2.30. The smallest absolute Gasteiger partial charge is 0.226 e. The fourth-order valence-electron chi connectivity index (χ4n) is 1.30. The highest BCUT2D eigenvalue weighted by Gasteiger charge is 2.03. The Kier molecular flexibility index (Phi) is 3.17. The van der Waals surface area contributed by atoms with Gasteiger partial charge in [0, 0.05) is 27.3 Å². The van der Waals surface area contributed by atoms with Gasteiger partial charge in [-0.1, -0.05) is 0 Å². The molecule has 17 heavy (non-hydrogen) atoms. The molecule has 0 spiro atoms. The highest BCUT2D eigenvalue weighted by Crippen LogP contribution is 2.08. The maximum Gasteiger partial charge on any atom is 0.226 e. The summed E-state index contributed by atoms with van der Waals surface area (Å²) in [4.78, 5) is 10.3. The number of hydrogen-bond acceptors (Lipinski definition) is 6. The van der Waals surface area contributed by atoms with Gasteiger partial charge >= 0.3 is 0 Å². The summed E-state index contributed by atoms with van der Waals surface area (Å²) in [6, 6.07) is 1.82. The van der Waals surface area contributed by atoms with Crippen molar-refractivity contribution in [1.82, 2.24) is 24.7 Å². The van der Waals surface area contributed by atoms with Crippen molar-refractivity contribution < 1.29 is 0 Å². The lowest BCUT2D eigenvalue weighted by atomic mass is 10.5. The Bertz CT molecular complexity index is 491. The van der Waals surface area contributed by atoms with E-state index in [0.717, 1.165) is 11.6 Å². The maximum absolute atomic E-state index is 4.35. The summed E-state index contributed by atoms with van der Waals surface area (Å²) in [6.07, 6.45) is 3.39. The van der Waals surface area contributed by atoms with Crippen molar-refractivity contribution in [2.75, 3.05) is 24.3 Å². The van der Waals surface area contributed by atoms with Crippen molar-refractivity contribution in [1.29, 1.82) is 0 Å². The molecule has 0 fully saturated rings. The van der Waals surface area contributed by atoms with E-state index in [1.165, 1.54) is 0 Å². The minimum Gasteiger partial charge on any atom is -0.363 e. The van der Waals surface area contributed by atoms with Crippen molar-refractivity contribution >= 4 is 11.8 Å². The molecule has 7 nitrogen and oxygen atoms in total. The summed E-state index contributed by atoms with van der Waals surface area (Å²) in [5.41, 5.74) is 0. The minimum atomic E-state index is 0.584. The number of nitrogens with one attached hydrogen (secondary N) is 1. The fourth-order valence-corrected chi connectivity index (χ4v) is 1.30. The van der Waals surface area contributed by atoms with Crippen molar-refractivity contribution in [2.24, 2.45) is 7.05 Å². The fraction of sp³-hybridized carbons (Fsp3) is 0.400. The van der Waals surface area contributed by atoms with Crippen molar-refractivity contribution in [3.63, 3.8) is 0 Å². The van der Waals surface area contributed by atoms with Gasteiger partial charge in [-0.05, 0) is 6.07 Å². The molecule has 90 valence electrons. The van der Waals surface area contributed by atoms with Crippen LogP contribution in [0.25, 0.3) is 0 Å². The van der Waals surface area contributed by atoms with Crippen LogP contribution in [0.3, 0.4) is 0 Å². The van der Waals surface area contributed by atoms with Crippen LogP contribution in [-0.2, 0) is 13.6 Å². The van der Waals surface area contributed by atoms with Crippen molar-refractivity contribution in [2.45, 2.75) is 6.54 Å². The topological polar surface area (TPSA) is 71.8 Å². The van der Waals surface area contributed by atoms with Gasteiger partial charge in [-0.15, -0.1) is 10.2 Å². The monoisotopic (exact) mass is 233 g/mol. The van der Waals surface area contributed by atoms with Crippen LogP contribution in [0.4, 0.5) is 11.8 Å². The van der Waals surface area contributed by atoms with E-state index in [1.54, 1.807) is 12.5 Å². The maximum atomic E-state index is 4.35. The van der Waals surface area contributed by atoms with E-state index in [9.17, 15) is 0 Å². The van der Waals surface area contributed by atoms with Crippen LogP contribution >= 0.6 is 0 Å². The van der Waals surface area contributed by atoms with E-state index >= 15 is 0 Å². The van der Waals surface area contributed by atoms with E-state index in [4.69, 9.17) is 0 Å². The van der Waals surface area contributed by atoms with E-state index in [2.05, 4.69) is 25.5 Å². The number of anilines is 2. The van der Waals surface area contributed by atoms with Gasteiger partial charge in [0.25, 0.3) is 0 Å². The first-order valence-corrected chi connectivity index (χ1v) is 5.24. The second-order valence-corrected chi connectivity index (χ2v) is 3.85. The average Bonchev–Trinajstić information content (AvgIpc) is 2.72. The minimum absolute atomic E-state index is 0.584. The quantitative estimate of drug-likeness (QED) is 0.818. The van der Waals surface area contributed by atoms with Crippen LogP contribution < -0.4 is 10.2 Å². The lowest BCUT2D eigenvalue weighted by molar-refractivity contribution is 0.809. The number of rotatable bonds is 4. The molecule has 0 atom stereocenters. The molecule has 0 saturated heterocycles. The molecule has 7 heteroatoms. The Hall–Kier alpha value is -2.18. The number of hydrogen-bond donors (Lipinski definition) is 1. The lowest BCUT2D eigenvalue weighted by Gasteiger charge is -2.11. The van der Waals surface area contributed by atoms with Gasteiger partial charge in [0.15, 0.2) is 5.82 Å². The van der Waals surface area contributed by atoms with E-state index < -0.39 is 0 Å². The second kappa shape index (κ2) is 4.77. The molecule has 0 radical (unpaired) electrons. The first kappa shape index (κ1) is 11.3. The third-order valence-corrected chi connectivity index (χ3v) is 2.28. The van der Waals surface area contributed by atoms with Gasteiger partial charge in [-0.25, -0.2) is 4.98 Å². The highest BCUT2D eigenvalue weighted by atomic mass is 15.3.